The number of nitrogens with zero attached hydrogens (tertiary/aromatic N) is 2. The molecule has 3 nitrogen and oxygen atoms in total. The summed E-state index contributed by atoms with van der Waals surface area (Å²) < 4.78 is 1.99. The maximum atomic E-state index is 9.53. The summed E-state index contributed by atoms with van der Waals surface area (Å²) in [5.41, 5.74) is 2.74. The van der Waals surface area contributed by atoms with Crippen molar-refractivity contribution in [2.75, 3.05) is 0 Å². The molecule has 0 saturated heterocycles. The number of hydrogen-bond donors (Lipinski definition) is 1. The van der Waals surface area contributed by atoms with E-state index in [-0.39, 0.29) is 5.75 Å². The van der Waals surface area contributed by atoms with Crippen LogP contribution in [0.3, 0.4) is 0 Å². The van der Waals surface area contributed by atoms with Crippen LogP contribution in [0.25, 0.3) is 22.4 Å². The van der Waals surface area contributed by atoms with Gasteiger partial charge in [0, 0.05) is 17.6 Å². The lowest BCUT2D eigenvalue weighted by Gasteiger charge is -2.02. The molecule has 3 rings (SSSR count). The van der Waals surface area contributed by atoms with Crippen molar-refractivity contribution in [3.63, 3.8) is 0 Å². The van der Waals surface area contributed by atoms with E-state index in [1.54, 1.807) is 18.2 Å². The number of hydrogen-bond acceptors (Lipinski definition) is 2. The predicted molar refractivity (Wildman–Crippen MR) is 72.8 cm³/mol. The summed E-state index contributed by atoms with van der Waals surface area (Å²) in [5.74, 6) is 1.04. The molecule has 0 fully saturated rings. The molecule has 0 aliphatic carbocycles. The molecule has 3 aromatic rings. The SMILES string of the molecule is Cn1c(-c2cccc(O)c2)nc2cc(Cl)ccc21. The van der Waals surface area contributed by atoms with Gasteiger partial charge in [-0.25, -0.2) is 4.98 Å². The van der Waals surface area contributed by atoms with Crippen LogP contribution >= 0.6 is 11.6 Å². The normalized spacial score (nSPS) is 11.0. The van der Waals surface area contributed by atoms with E-state index in [9.17, 15) is 5.11 Å². The van der Waals surface area contributed by atoms with Crippen LogP contribution in [0.1, 0.15) is 0 Å². The van der Waals surface area contributed by atoms with Gasteiger partial charge in [-0.3, -0.25) is 0 Å². The van der Waals surface area contributed by atoms with Crippen LogP contribution in [0.15, 0.2) is 42.5 Å². The Labute approximate surface area is 109 Å². The van der Waals surface area contributed by atoms with Gasteiger partial charge in [-0.05, 0) is 30.3 Å². The number of fused-ring (bicyclic) bond motifs is 1. The Morgan fingerprint density at radius 2 is 2.00 bits per heavy atom. The minimum absolute atomic E-state index is 0.234. The number of halogens is 1. The molecule has 0 amide bonds. The summed E-state index contributed by atoms with van der Waals surface area (Å²) in [6, 6.07) is 12.7. The molecule has 18 heavy (non-hydrogen) atoms. The number of benzene rings is 2. The van der Waals surface area contributed by atoms with Crippen LogP contribution in [0.4, 0.5) is 0 Å². The van der Waals surface area contributed by atoms with Crippen molar-refractivity contribution in [2.24, 2.45) is 7.05 Å². The molecular formula is C14H11ClN2O. The number of imidazole rings is 1. The highest BCUT2D eigenvalue weighted by Gasteiger charge is 2.10. The zero-order valence-electron chi connectivity index (χ0n) is 9.76. The van der Waals surface area contributed by atoms with Gasteiger partial charge in [0.25, 0.3) is 0 Å². The smallest absolute Gasteiger partial charge is 0.140 e. The minimum atomic E-state index is 0.234. The molecule has 90 valence electrons. The lowest BCUT2D eigenvalue weighted by molar-refractivity contribution is 0.475. The second-order valence-corrected chi connectivity index (χ2v) is 4.61. The van der Waals surface area contributed by atoms with E-state index < -0.39 is 0 Å². The van der Waals surface area contributed by atoms with Gasteiger partial charge in [0.15, 0.2) is 0 Å². The molecule has 1 N–H and O–H groups in total. The monoisotopic (exact) mass is 258 g/mol. The lowest BCUT2D eigenvalue weighted by Crippen LogP contribution is -1.91. The molecule has 0 aliphatic rings. The minimum Gasteiger partial charge on any atom is -0.508 e. The average Bonchev–Trinajstić information content (AvgIpc) is 2.66. The summed E-state index contributed by atoms with van der Waals surface area (Å²) in [6.07, 6.45) is 0. The summed E-state index contributed by atoms with van der Waals surface area (Å²) in [6.45, 7) is 0. The molecule has 0 aliphatic heterocycles. The molecule has 1 heterocycles. The Hall–Kier alpha value is -2.00. The van der Waals surface area contributed by atoms with Gasteiger partial charge in [0.2, 0.25) is 0 Å². The van der Waals surface area contributed by atoms with E-state index in [1.807, 2.05) is 35.9 Å². The highest BCUT2D eigenvalue weighted by molar-refractivity contribution is 6.31. The van der Waals surface area contributed by atoms with Crippen LogP contribution in [0, 0.1) is 0 Å². The number of rotatable bonds is 1. The van der Waals surface area contributed by atoms with Crippen molar-refractivity contribution in [3.8, 4) is 17.1 Å². The molecule has 0 spiro atoms. The van der Waals surface area contributed by atoms with Crippen molar-refractivity contribution in [2.45, 2.75) is 0 Å². The number of aromatic hydroxyl groups is 1. The first-order valence-corrected chi connectivity index (χ1v) is 5.94. The molecule has 4 heteroatoms. The summed E-state index contributed by atoms with van der Waals surface area (Å²) >= 11 is 5.96. The largest absolute Gasteiger partial charge is 0.508 e. The predicted octanol–water partition coefficient (Wildman–Crippen LogP) is 3.60. The highest BCUT2D eigenvalue weighted by Crippen LogP contribution is 2.27. The summed E-state index contributed by atoms with van der Waals surface area (Å²) in [7, 11) is 1.95. The van der Waals surface area contributed by atoms with Crippen LogP contribution in [0.2, 0.25) is 5.02 Å². The molecule has 0 saturated carbocycles. The molecule has 0 radical (unpaired) electrons. The van der Waals surface area contributed by atoms with E-state index in [4.69, 9.17) is 11.6 Å². The van der Waals surface area contributed by atoms with Crippen LogP contribution in [-0.4, -0.2) is 14.7 Å². The van der Waals surface area contributed by atoms with E-state index in [2.05, 4.69) is 4.98 Å². The van der Waals surface area contributed by atoms with Gasteiger partial charge >= 0.3 is 0 Å². The topological polar surface area (TPSA) is 38.0 Å². The lowest BCUT2D eigenvalue weighted by atomic mass is 10.2. The van der Waals surface area contributed by atoms with Crippen molar-refractivity contribution in [3.05, 3.63) is 47.5 Å². The zero-order valence-corrected chi connectivity index (χ0v) is 10.5. The van der Waals surface area contributed by atoms with E-state index in [0.717, 1.165) is 22.4 Å². The second kappa shape index (κ2) is 4.03. The van der Waals surface area contributed by atoms with Gasteiger partial charge in [-0.1, -0.05) is 23.7 Å². The fourth-order valence-corrected chi connectivity index (χ4v) is 2.24. The van der Waals surface area contributed by atoms with Crippen molar-refractivity contribution >= 4 is 22.6 Å². The molecule has 0 unspecified atom stereocenters. The summed E-state index contributed by atoms with van der Waals surface area (Å²) in [4.78, 5) is 4.55. The third-order valence-corrected chi connectivity index (χ3v) is 3.18. The molecule has 0 atom stereocenters. The van der Waals surface area contributed by atoms with E-state index >= 15 is 0 Å². The number of aromatic nitrogens is 2. The first-order chi connectivity index (χ1) is 8.65. The zero-order chi connectivity index (χ0) is 12.7. The maximum Gasteiger partial charge on any atom is 0.140 e. The van der Waals surface area contributed by atoms with Gasteiger partial charge in [-0.2, -0.15) is 0 Å². The number of aryl methyl sites for hydroxylation is 1. The first-order valence-electron chi connectivity index (χ1n) is 5.56. The fourth-order valence-electron chi connectivity index (χ4n) is 2.08. The molecule has 2 aromatic carbocycles. The van der Waals surface area contributed by atoms with Crippen molar-refractivity contribution < 1.29 is 5.11 Å². The average molecular weight is 259 g/mol. The second-order valence-electron chi connectivity index (χ2n) is 4.18. The van der Waals surface area contributed by atoms with E-state index in [1.165, 1.54) is 0 Å². The van der Waals surface area contributed by atoms with Gasteiger partial charge < -0.3 is 9.67 Å². The van der Waals surface area contributed by atoms with Crippen molar-refractivity contribution in [1.82, 2.24) is 9.55 Å². The van der Waals surface area contributed by atoms with Crippen LogP contribution in [-0.2, 0) is 7.05 Å². The first kappa shape index (κ1) is 11.1. The number of phenols is 1. The Balaban J connectivity index is 2.27. The molecular weight excluding hydrogens is 248 g/mol. The quantitative estimate of drug-likeness (QED) is 0.724. The third kappa shape index (κ3) is 1.73. The van der Waals surface area contributed by atoms with Gasteiger partial charge in [-0.15, -0.1) is 0 Å². The molecule has 1 aromatic heterocycles. The highest BCUT2D eigenvalue weighted by atomic mass is 35.5. The van der Waals surface area contributed by atoms with Crippen LogP contribution < -0.4 is 0 Å². The van der Waals surface area contributed by atoms with Gasteiger partial charge in [0.05, 0.1) is 11.0 Å². The number of phenolic OH excluding ortho intramolecular Hbond substituents is 1. The molecule has 0 bridgehead atoms. The Kier molecular flexibility index (Phi) is 2.49. The summed E-state index contributed by atoms with van der Waals surface area (Å²) in [5, 5.41) is 10.2. The fraction of sp³-hybridized carbons (Fsp3) is 0.0714. The Morgan fingerprint density at radius 3 is 2.78 bits per heavy atom. The van der Waals surface area contributed by atoms with E-state index in [0.29, 0.717) is 5.02 Å². The van der Waals surface area contributed by atoms with Gasteiger partial charge in [0.1, 0.15) is 11.6 Å². The standard InChI is InChI=1S/C14H11ClN2O/c1-17-13-6-5-10(15)8-12(13)16-14(17)9-3-2-4-11(18)7-9/h2-8,18H,1H3. The maximum absolute atomic E-state index is 9.53. The van der Waals surface area contributed by atoms with Crippen molar-refractivity contribution in [1.29, 1.82) is 0 Å². The Bertz CT molecular complexity index is 734. The third-order valence-electron chi connectivity index (χ3n) is 2.95. The Morgan fingerprint density at radius 1 is 1.17 bits per heavy atom. The van der Waals surface area contributed by atoms with Crippen LogP contribution in [0.5, 0.6) is 5.75 Å².